The minimum atomic E-state index is -0.367. The molecule has 3 rings (SSSR count). The first-order valence-electron chi connectivity index (χ1n) is 7.71. The summed E-state index contributed by atoms with van der Waals surface area (Å²) in [5.41, 5.74) is 0.177. The van der Waals surface area contributed by atoms with E-state index in [4.69, 9.17) is 0 Å². The molecular weight excluding hydrogens is 284 g/mol. The molecule has 1 aromatic rings. The summed E-state index contributed by atoms with van der Waals surface area (Å²) in [6.07, 6.45) is 3.63. The number of likely N-dealkylation sites (tertiary alicyclic amines) is 1. The lowest BCUT2D eigenvalue weighted by Crippen LogP contribution is -2.45. The van der Waals surface area contributed by atoms with Crippen molar-refractivity contribution in [1.29, 1.82) is 0 Å². The van der Waals surface area contributed by atoms with E-state index in [1.54, 1.807) is 11.8 Å². The molecule has 1 saturated heterocycles. The standard InChI is InChI=1S/C15H20N4O3/c1-9-7-12(20)13(18-17-9)15(22)19-6-2-3-11(19)8-16-14(21)10-4-5-10/h7,10-11H,2-6,8H2,1H3,(H,16,21)(H,17,20). The van der Waals surface area contributed by atoms with Gasteiger partial charge in [0.2, 0.25) is 11.3 Å². The average molecular weight is 304 g/mol. The van der Waals surface area contributed by atoms with E-state index in [1.165, 1.54) is 6.07 Å². The maximum atomic E-state index is 12.5. The zero-order chi connectivity index (χ0) is 15.7. The quantitative estimate of drug-likeness (QED) is 0.831. The van der Waals surface area contributed by atoms with Crippen LogP contribution in [0.2, 0.25) is 0 Å². The number of carbonyl (C=O) groups is 2. The minimum absolute atomic E-state index is 0.0577. The van der Waals surface area contributed by atoms with E-state index in [2.05, 4.69) is 15.5 Å². The molecule has 0 bridgehead atoms. The number of amides is 2. The topological polar surface area (TPSA) is 95.2 Å². The van der Waals surface area contributed by atoms with Crippen LogP contribution in [0.25, 0.3) is 0 Å². The second-order valence-electron chi connectivity index (χ2n) is 6.08. The maximum absolute atomic E-state index is 12.5. The molecule has 118 valence electrons. The summed E-state index contributed by atoms with van der Waals surface area (Å²) in [6, 6.07) is 1.32. The summed E-state index contributed by atoms with van der Waals surface area (Å²) in [5.74, 6) is -0.123. The SMILES string of the molecule is Cc1cc(=O)c(C(=O)N2CCCC2CNC(=O)C2CC2)n[nH]1. The van der Waals surface area contributed by atoms with E-state index in [-0.39, 0.29) is 34.9 Å². The molecule has 0 aromatic carbocycles. The predicted molar refractivity (Wildman–Crippen MR) is 79.4 cm³/mol. The fourth-order valence-corrected chi connectivity index (χ4v) is 2.81. The fraction of sp³-hybridized carbons (Fsp3) is 0.600. The molecule has 1 unspecified atom stereocenters. The molecule has 7 heteroatoms. The molecular formula is C15H20N4O3. The molecule has 2 aliphatic rings. The highest BCUT2D eigenvalue weighted by Gasteiger charge is 2.34. The summed E-state index contributed by atoms with van der Waals surface area (Å²) in [7, 11) is 0. The number of aromatic amines is 1. The van der Waals surface area contributed by atoms with Gasteiger partial charge >= 0.3 is 0 Å². The zero-order valence-corrected chi connectivity index (χ0v) is 12.6. The molecule has 0 spiro atoms. The zero-order valence-electron chi connectivity index (χ0n) is 12.6. The van der Waals surface area contributed by atoms with E-state index in [0.29, 0.717) is 18.8 Å². The Morgan fingerprint density at radius 1 is 1.41 bits per heavy atom. The van der Waals surface area contributed by atoms with Crippen LogP contribution in [0, 0.1) is 12.8 Å². The van der Waals surface area contributed by atoms with Gasteiger partial charge in [-0.3, -0.25) is 19.5 Å². The van der Waals surface area contributed by atoms with E-state index in [1.807, 2.05) is 0 Å². The molecule has 1 saturated carbocycles. The van der Waals surface area contributed by atoms with Gasteiger partial charge in [0.25, 0.3) is 5.91 Å². The minimum Gasteiger partial charge on any atom is -0.354 e. The van der Waals surface area contributed by atoms with Crippen LogP contribution in [0.1, 0.15) is 41.9 Å². The molecule has 2 N–H and O–H groups in total. The number of nitrogens with one attached hydrogen (secondary N) is 2. The van der Waals surface area contributed by atoms with Gasteiger partial charge in [-0.05, 0) is 32.6 Å². The molecule has 1 aliphatic carbocycles. The van der Waals surface area contributed by atoms with Gasteiger partial charge in [-0.1, -0.05) is 0 Å². The Morgan fingerprint density at radius 2 is 2.18 bits per heavy atom. The molecule has 0 radical (unpaired) electrons. The van der Waals surface area contributed by atoms with Crippen LogP contribution in [0.5, 0.6) is 0 Å². The lowest BCUT2D eigenvalue weighted by atomic mass is 10.2. The summed E-state index contributed by atoms with van der Waals surface area (Å²) >= 11 is 0. The van der Waals surface area contributed by atoms with Crippen molar-refractivity contribution in [3.8, 4) is 0 Å². The third-order valence-corrected chi connectivity index (χ3v) is 4.23. The van der Waals surface area contributed by atoms with Crippen LogP contribution >= 0.6 is 0 Å². The second-order valence-corrected chi connectivity index (χ2v) is 6.08. The lowest BCUT2D eigenvalue weighted by Gasteiger charge is -2.24. The van der Waals surface area contributed by atoms with Crippen LogP contribution in [-0.4, -0.2) is 46.0 Å². The van der Waals surface area contributed by atoms with Crippen LogP contribution in [0.4, 0.5) is 0 Å². The predicted octanol–water partition coefficient (Wildman–Crippen LogP) is 0.209. The Morgan fingerprint density at radius 3 is 2.86 bits per heavy atom. The number of carbonyl (C=O) groups excluding carboxylic acids is 2. The van der Waals surface area contributed by atoms with Gasteiger partial charge < -0.3 is 10.2 Å². The molecule has 1 aromatic heterocycles. The third-order valence-electron chi connectivity index (χ3n) is 4.23. The van der Waals surface area contributed by atoms with E-state index >= 15 is 0 Å². The van der Waals surface area contributed by atoms with Crippen molar-refractivity contribution in [3.05, 3.63) is 27.7 Å². The monoisotopic (exact) mass is 304 g/mol. The van der Waals surface area contributed by atoms with Crippen molar-refractivity contribution in [1.82, 2.24) is 20.4 Å². The summed E-state index contributed by atoms with van der Waals surface area (Å²) in [4.78, 5) is 37.8. The van der Waals surface area contributed by atoms with Crippen molar-refractivity contribution < 1.29 is 9.59 Å². The Bertz CT molecular complexity index is 650. The molecule has 1 aliphatic heterocycles. The molecule has 1 atom stereocenters. The van der Waals surface area contributed by atoms with E-state index in [9.17, 15) is 14.4 Å². The van der Waals surface area contributed by atoms with Crippen molar-refractivity contribution >= 4 is 11.8 Å². The van der Waals surface area contributed by atoms with Crippen LogP contribution in [0.3, 0.4) is 0 Å². The molecule has 2 fully saturated rings. The number of nitrogens with zero attached hydrogens (tertiary/aromatic N) is 2. The fourth-order valence-electron chi connectivity index (χ4n) is 2.81. The highest BCUT2D eigenvalue weighted by Crippen LogP contribution is 2.29. The smallest absolute Gasteiger partial charge is 0.278 e. The van der Waals surface area contributed by atoms with E-state index in [0.717, 1.165) is 25.7 Å². The second kappa shape index (κ2) is 5.90. The molecule has 22 heavy (non-hydrogen) atoms. The van der Waals surface area contributed by atoms with Gasteiger partial charge in [-0.25, -0.2) is 0 Å². The highest BCUT2D eigenvalue weighted by atomic mass is 16.2. The Labute approximate surface area is 128 Å². The number of aromatic nitrogens is 2. The van der Waals surface area contributed by atoms with Gasteiger partial charge in [-0.15, -0.1) is 0 Å². The van der Waals surface area contributed by atoms with Gasteiger partial charge in [0, 0.05) is 36.8 Å². The average Bonchev–Trinajstić information content (AvgIpc) is 3.23. The van der Waals surface area contributed by atoms with Gasteiger partial charge in [0.1, 0.15) is 0 Å². The normalized spacial score (nSPS) is 21.0. The first kappa shape index (κ1) is 14.7. The number of aryl methyl sites for hydroxylation is 1. The van der Waals surface area contributed by atoms with E-state index < -0.39 is 0 Å². The Hall–Kier alpha value is -2.18. The molecule has 2 amide bonds. The van der Waals surface area contributed by atoms with Crippen molar-refractivity contribution in [2.24, 2.45) is 5.92 Å². The summed E-state index contributed by atoms with van der Waals surface area (Å²) in [6.45, 7) is 2.76. The number of hydrogen-bond acceptors (Lipinski definition) is 4. The van der Waals surface area contributed by atoms with Crippen LogP contribution in [0.15, 0.2) is 10.9 Å². The Balaban J connectivity index is 1.67. The maximum Gasteiger partial charge on any atom is 0.278 e. The van der Waals surface area contributed by atoms with Gasteiger partial charge in [-0.2, -0.15) is 5.10 Å². The Kier molecular flexibility index (Phi) is 3.96. The van der Waals surface area contributed by atoms with Crippen molar-refractivity contribution in [2.75, 3.05) is 13.1 Å². The van der Waals surface area contributed by atoms with Gasteiger partial charge in [0.15, 0.2) is 5.69 Å². The highest BCUT2D eigenvalue weighted by molar-refractivity contribution is 5.92. The first-order valence-corrected chi connectivity index (χ1v) is 7.71. The van der Waals surface area contributed by atoms with Crippen LogP contribution in [-0.2, 0) is 4.79 Å². The molecule has 2 heterocycles. The first-order chi connectivity index (χ1) is 10.6. The third kappa shape index (κ3) is 3.03. The summed E-state index contributed by atoms with van der Waals surface area (Å²) < 4.78 is 0. The largest absolute Gasteiger partial charge is 0.354 e. The molecule has 7 nitrogen and oxygen atoms in total. The summed E-state index contributed by atoms with van der Waals surface area (Å²) in [5, 5.41) is 9.45. The van der Waals surface area contributed by atoms with Crippen molar-refractivity contribution in [2.45, 2.75) is 38.6 Å². The number of hydrogen-bond donors (Lipinski definition) is 2. The van der Waals surface area contributed by atoms with Gasteiger partial charge in [0.05, 0.1) is 0 Å². The number of rotatable bonds is 4. The number of H-pyrrole nitrogens is 1. The van der Waals surface area contributed by atoms with Crippen molar-refractivity contribution in [3.63, 3.8) is 0 Å². The lowest BCUT2D eigenvalue weighted by molar-refractivity contribution is -0.122. The van der Waals surface area contributed by atoms with Crippen LogP contribution < -0.4 is 10.7 Å².